The number of amides is 1. The molecule has 0 saturated carbocycles. The van der Waals surface area contributed by atoms with Crippen molar-refractivity contribution >= 4 is 11.9 Å². The van der Waals surface area contributed by atoms with Gasteiger partial charge in [-0.3, -0.25) is 14.7 Å². The Labute approximate surface area is 133 Å². The Morgan fingerprint density at radius 2 is 1.95 bits per heavy atom. The molecule has 1 aliphatic rings. The topological polar surface area (TPSA) is 78.0 Å². The van der Waals surface area contributed by atoms with Crippen LogP contribution in [0.25, 0.3) is 0 Å². The fourth-order valence-electron chi connectivity index (χ4n) is 2.19. The van der Waals surface area contributed by atoms with Crippen LogP contribution in [0.2, 0.25) is 0 Å². The molecule has 1 saturated heterocycles. The monoisotopic (exact) mass is 313 g/mol. The summed E-state index contributed by atoms with van der Waals surface area (Å²) in [5.41, 5.74) is -0.513. The molecule has 7 nitrogen and oxygen atoms in total. The highest BCUT2D eigenvalue weighted by atomic mass is 16.5. The summed E-state index contributed by atoms with van der Waals surface area (Å²) in [6.07, 6.45) is 0. The molecule has 22 heavy (non-hydrogen) atoms. The number of hydrogen-bond acceptors (Lipinski definition) is 4. The molecule has 1 fully saturated rings. The third-order valence-electron chi connectivity index (χ3n) is 3.64. The second kappa shape index (κ2) is 9.63. The molecule has 128 valence electrons. The minimum absolute atomic E-state index is 0.000384. The summed E-state index contributed by atoms with van der Waals surface area (Å²) in [7, 11) is 1.65. The first-order chi connectivity index (χ1) is 10.5. The van der Waals surface area contributed by atoms with Crippen LogP contribution in [0.15, 0.2) is 4.99 Å². The summed E-state index contributed by atoms with van der Waals surface area (Å²) in [6, 6.07) is 0. The number of rotatable bonds is 7. The van der Waals surface area contributed by atoms with E-state index in [-0.39, 0.29) is 5.91 Å². The van der Waals surface area contributed by atoms with Gasteiger partial charge in [-0.05, 0) is 20.8 Å². The number of ether oxygens (including phenoxy) is 1. The number of carbonyl (C=O) groups is 1. The highest BCUT2D eigenvalue weighted by molar-refractivity contribution is 5.83. The van der Waals surface area contributed by atoms with Crippen LogP contribution in [-0.2, 0) is 9.53 Å². The molecule has 0 unspecified atom stereocenters. The van der Waals surface area contributed by atoms with Gasteiger partial charge in [0.05, 0.1) is 25.2 Å². The molecule has 0 aromatic carbocycles. The first-order valence-electron chi connectivity index (χ1n) is 8.04. The van der Waals surface area contributed by atoms with Gasteiger partial charge in [-0.25, -0.2) is 0 Å². The first kappa shape index (κ1) is 18.7. The number of carbonyl (C=O) groups excluding carboxylic acids is 1. The van der Waals surface area contributed by atoms with E-state index in [1.165, 1.54) is 0 Å². The summed E-state index contributed by atoms with van der Waals surface area (Å²) in [6.45, 7) is 12.5. The van der Waals surface area contributed by atoms with Crippen molar-refractivity contribution < 1.29 is 9.53 Å². The molecule has 0 bridgehead atoms. The van der Waals surface area contributed by atoms with Crippen LogP contribution in [0.4, 0.5) is 0 Å². The van der Waals surface area contributed by atoms with Crippen molar-refractivity contribution in [1.29, 1.82) is 0 Å². The zero-order chi connectivity index (χ0) is 16.4. The molecule has 1 heterocycles. The van der Waals surface area contributed by atoms with Crippen LogP contribution < -0.4 is 16.0 Å². The number of morpholine rings is 1. The highest BCUT2D eigenvalue weighted by Gasteiger charge is 2.26. The van der Waals surface area contributed by atoms with Crippen molar-refractivity contribution in [2.45, 2.75) is 20.8 Å². The van der Waals surface area contributed by atoms with E-state index >= 15 is 0 Å². The van der Waals surface area contributed by atoms with Crippen molar-refractivity contribution in [3.05, 3.63) is 0 Å². The van der Waals surface area contributed by atoms with Gasteiger partial charge in [0.25, 0.3) is 0 Å². The van der Waals surface area contributed by atoms with E-state index in [9.17, 15) is 4.79 Å². The Kier molecular flexibility index (Phi) is 8.19. The van der Waals surface area contributed by atoms with Crippen LogP contribution >= 0.6 is 0 Å². The lowest BCUT2D eigenvalue weighted by Crippen LogP contribution is -2.45. The number of nitrogens with one attached hydrogen (secondary N) is 3. The van der Waals surface area contributed by atoms with E-state index < -0.39 is 5.41 Å². The maximum atomic E-state index is 11.8. The highest BCUT2D eigenvalue weighted by Crippen LogP contribution is 2.15. The molecular formula is C15H31N5O2. The fraction of sp³-hybridized carbons (Fsp3) is 0.867. The molecule has 7 heteroatoms. The van der Waals surface area contributed by atoms with Crippen molar-refractivity contribution in [2.75, 3.05) is 59.5 Å². The van der Waals surface area contributed by atoms with Gasteiger partial charge < -0.3 is 20.7 Å². The lowest BCUT2D eigenvalue weighted by molar-refractivity contribution is -0.128. The van der Waals surface area contributed by atoms with Gasteiger partial charge in [-0.15, -0.1) is 0 Å². The van der Waals surface area contributed by atoms with Gasteiger partial charge in [0, 0.05) is 39.8 Å². The number of aliphatic imine (C=N–C) groups is 1. The predicted molar refractivity (Wildman–Crippen MR) is 89.1 cm³/mol. The minimum Gasteiger partial charge on any atom is -0.379 e. The molecule has 1 aliphatic heterocycles. The molecule has 0 spiro atoms. The molecule has 1 rings (SSSR count). The molecule has 0 aromatic heterocycles. The van der Waals surface area contributed by atoms with Gasteiger partial charge in [0.1, 0.15) is 0 Å². The molecule has 0 radical (unpaired) electrons. The van der Waals surface area contributed by atoms with Crippen molar-refractivity contribution in [2.24, 2.45) is 10.4 Å². The van der Waals surface area contributed by atoms with E-state index in [4.69, 9.17) is 4.74 Å². The Bertz CT molecular complexity index is 365. The zero-order valence-corrected chi connectivity index (χ0v) is 14.4. The van der Waals surface area contributed by atoms with Crippen LogP contribution in [0.1, 0.15) is 20.8 Å². The number of guanidine groups is 1. The third kappa shape index (κ3) is 6.62. The normalized spacial score (nSPS) is 17.2. The maximum absolute atomic E-state index is 11.8. The Hall–Kier alpha value is -1.34. The van der Waals surface area contributed by atoms with Crippen molar-refractivity contribution in [3.63, 3.8) is 0 Å². The molecule has 3 N–H and O–H groups in total. The van der Waals surface area contributed by atoms with Crippen LogP contribution in [-0.4, -0.2) is 76.3 Å². The second-order valence-electron chi connectivity index (χ2n) is 6.04. The molecule has 1 amide bonds. The summed E-state index contributed by atoms with van der Waals surface area (Å²) >= 11 is 0. The largest absolute Gasteiger partial charge is 0.379 e. The minimum atomic E-state index is -0.513. The second-order valence-corrected chi connectivity index (χ2v) is 6.04. The summed E-state index contributed by atoms with van der Waals surface area (Å²) < 4.78 is 5.34. The van der Waals surface area contributed by atoms with Gasteiger partial charge in [-0.2, -0.15) is 0 Å². The average Bonchev–Trinajstić information content (AvgIpc) is 2.52. The number of hydrogen-bond donors (Lipinski definition) is 3. The predicted octanol–water partition coefficient (Wildman–Crippen LogP) is -0.354. The van der Waals surface area contributed by atoms with Crippen molar-refractivity contribution in [1.82, 2.24) is 20.9 Å². The molecule has 0 aromatic rings. The summed E-state index contributed by atoms with van der Waals surface area (Å²) in [4.78, 5) is 18.7. The SMILES string of the molecule is CCNC(=NCC(C)(C)C(=O)NC)NCCN1CCOCC1. The van der Waals surface area contributed by atoms with Crippen LogP contribution in [0, 0.1) is 5.41 Å². The van der Waals surface area contributed by atoms with Gasteiger partial charge >= 0.3 is 0 Å². The fourth-order valence-corrected chi connectivity index (χ4v) is 2.19. The third-order valence-corrected chi connectivity index (χ3v) is 3.64. The molecular weight excluding hydrogens is 282 g/mol. The number of nitrogens with zero attached hydrogens (tertiary/aromatic N) is 2. The lowest BCUT2D eigenvalue weighted by Gasteiger charge is -2.27. The smallest absolute Gasteiger partial charge is 0.227 e. The lowest BCUT2D eigenvalue weighted by atomic mass is 9.93. The zero-order valence-electron chi connectivity index (χ0n) is 14.4. The van der Waals surface area contributed by atoms with Gasteiger partial charge in [0.15, 0.2) is 5.96 Å². The Morgan fingerprint density at radius 3 is 2.55 bits per heavy atom. The Morgan fingerprint density at radius 1 is 1.27 bits per heavy atom. The Balaban J connectivity index is 2.42. The maximum Gasteiger partial charge on any atom is 0.227 e. The average molecular weight is 313 g/mol. The van der Waals surface area contributed by atoms with Gasteiger partial charge in [-0.1, -0.05) is 0 Å². The van der Waals surface area contributed by atoms with E-state index in [0.29, 0.717) is 6.54 Å². The van der Waals surface area contributed by atoms with Crippen LogP contribution in [0.3, 0.4) is 0 Å². The summed E-state index contributed by atoms with van der Waals surface area (Å²) in [5, 5.41) is 9.22. The first-order valence-corrected chi connectivity index (χ1v) is 8.04. The van der Waals surface area contributed by atoms with E-state index in [1.54, 1.807) is 7.05 Å². The molecule has 0 atom stereocenters. The van der Waals surface area contributed by atoms with Crippen LogP contribution in [0.5, 0.6) is 0 Å². The van der Waals surface area contributed by atoms with E-state index in [1.807, 2.05) is 20.8 Å². The van der Waals surface area contributed by atoms with Gasteiger partial charge in [0.2, 0.25) is 5.91 Å². The van der Waals surface area contributed by atoms with E-state index in [0.717, 1.165) is 51.9 Å². The standard InChI is InChI=1S/C15H31N5O2/c1-5-17-14(19-12-15(2,3)13(21)16-4)18-6-7-20-8-10-22-11-9-20/h5-12H2,1-4H3,(H,16,21)(H2,17,18,19). The quantitative estimate of drug-likeness (QED) is 0.442. The van der Waals surface area contributed by atoms with E-state index in [2.05, 4.69) is 25.8 Å². The molecule has 0 aliphatic carbocycles. The summed E-state index contributed by atoms with van der Waals surface area (Å²) in [5.74, 6) is 0.758. The van der Waals surface area contributed by atoms with Crippen molar-refractivity contribution in [3.8, 4) is 0 Å².